The Morgan fingerprint density at radius 2 is 1.77 bits per heavy atom. The second-order valence-corrected chi connectivity index (χ2v) is 7.68. The van der Waals surface area contributed by atoms with Crippen LogP contribution in [0.5, 0.6) is 0 Å². The molecular weight excluding hydrogens is 368 g/mol. The molecule has 0 amide bonds. The van der Waals surface area contributed by atoms with Crippen molar-refractivity contribution in [1.29, 1.82) is 0 Å². The number of benzene rings is 3. The summed E-state index contributed by atoms with van der Waals surface area (Å²) < 4.78 is 16.7. The van der Waals surface area contributed by atoms with Gasteiger partial charge < -0.3 is 4.42 Å². The predicted molar refractivity (Wildman–Crippen MR) is 122 cm³/mol. The number of fused-ring (bicyclic) bond motifs is 3. The van der Waals surface area contributed by atoms with Crippen LogP contribution in [0.1, 0.15) is 12.5 Å². The van der Waals surface area contributed by atoms with Gasteiger partial charge in [0.2, 0.25) is 5.69 Å². The van der Waals surface area contributed by atoms with Gasteiger partial charge in [-0.05, 0) is 42.7 Å². The van der Waals surface area contributed by atoms with Crippen molar-refractivity contribution in [3.8, 4) is 22.4 Å². The number of hydrogen-bond donors (Lipinski definition) is 0. The molecule has 0 aliphatic carbocycles. The molecule has 0 aliphatic rings. The average Bonchev–Trinajstić information content (AvgIpc) is 3.15. The van der Waals surface area contributed by atoms with Gasteiger partial charge in [0.25, 0.3) is 0 Å². The van der Waals surface area contributed by atoms with E-state index >= 15 is 0 Å². The molecule has 30 heavy (non-hydrogen) atoms. The Hall–Kier alpha value is -3.90. The quantitative estimate of drug-likeness (QED) is 0.237. The van der Waals surface area contributed by atoms with E-state index in [2.05, 4.69) is 23.9 Å². The molecule has 3 aromatic carbocycles. The number of hydrogen-bond acceptors (Lipinski definition) is 1. The average molecular weight is 390 g/mol. The zero-order valence-electron chi connectivity index (χ0n) is 18.2. The summed E-state index contributed by atoms with van der Waals surface area (Å²) in [6.07, 6.45) is 1.83. The van der Waals surface area contributed by atoms with Crippen molar-refractivity contribution < 1.29 is 10.4 Å². The zero-order chi connectivity index (χ0) is 21.7. The van der Waals surface area contributed by atoms with Crippen molar-refractivity contribution >= 4 is 27.6 Å². The van der Waals surface area contributed by atoms with Gasteiger partial charge in [-0.15, -0.1) is 0 Å². The summed E-state index contributed by atoms with van der Waals surface area (Å²) >= 11 is 0. The van der Waals surface area contributed by atoms with Crippen LogP contribution in [0.4, 0.5) is 5.69 Å². The van der Waals surface area contributed by atoms with Crippen molar-refractivity contribution in [1.82, 2.24) is 0 Å². The summed E-state index contributed by atoms with van der Waals surface area (Å²) in [5, 5.41) is 1.94. The molecule has 2 aromatic heterocycles. The molecule has 5 rings (SSSR count). The second kappa shape index (κ2) is 6.86. The molecule has 0 spiro atoms. The predicted octanol–water partition coefficient (Wildman–Crippen LogP) is 6.91. The standard InChI is InChI=1S/C27H21N2O/c1-17-12-13-29(4)24(14-17)25-18(2)10-11-21-23-16-20(28-3)15-22(26(23)30-27(21)25)19-8-6-5-7-9-19/h5-16H,1-2,4H3/q+1/i12D. The molecule has 3 nitrogen and oxygen atoms in total. The van der Waals surface area contributed by atoms with Gasteiger partial charge in [-0.3, -0.25) is 0 Å². The van der Waals surface area contributed by atoms with Gasteiger partial charge in [0.15, 0.2) is 11.9 Å². The summed E-state index contributed by atoms with van der Waals surface area (Å²) in [5.74, 6) is 0. The third-order valence-corrected chi connectivity index (χ3v) is 5.62. The second-order valence-electron chi connectivity index (χ2n) is 7.68. The topological polar surface area (TPSA) is 21.4 Å². The largest absolute Gasteiger partial charge is 0.455 e. The third-order valence-electron chi connectivity index (χ3n) is 5.62. The van der Waals surface area contributed by atoms with Crippen LogP contribution in [0, 0.1) is 20.4 Å². The maximum absolute atomic E-state index is 8.12. The Balaban J connectivity index is 1.92. The first-order chi connectivity index (χ1) is 15.0. The summed E-state index contributed by atoms with van der Waals surface area (Å²) in [6.45, 7) is 11.6. The van der Waals surface area contributed by atoms with Crippen LogP contribution in [0.2, 0.25) is 0 Å². The van der Waals surface area contributed by atoms with E-state index in [0.717, 1.165) is 55.4 Å². The van der Waals surface area contributed by atoms with Gasteiger partial charge in [-0.2, -0.15) is 0 Å². The van der Waals surface area contributed by atoms with E-state index < -0.39 is 0 Å². The zero-order valence-corrected chi connectivity index (χ0v) is 17.2. The van der Waals surface area contributed by atoms with Gasteiger partial charge in [0.1, 0.15) is 18.2 Å². The molecule has 2 heterocycles. The van der Waals surface area contributed by atoms with Crippen LogP contribution in [0.15, 0.2) is 77.3 Å². The molecule has 144 valence electrons. The highest BCUT2D eigenvalue weighted by atomic mass is 16.3. The summed E-state index contributed by atoms with van der Waals surface area (Å²) in [7, 11) is 1.96. The minimum absolute atomic E-state index is 0.508. The van der Waals surface area contributed by atoms with Crippen LogP contribution >= 0.6 is 0 Å². The molecule has 0 saturated carbocycles. The van der Waals surface area contributed by atoms with Crippen LogP contribution in [0.25, 0.3) is 49.2 Å². The highest BCUT2D eigenvalue weighted by Gasteiger charge is 2.22. The van der Waals surface area contributed by atoms with Gasteiger partial charge in [0, 0.05) is 28.4 Å². The molecule has 0 radical (unpaired) electrons. The minimum Gasteiger partial charge on any atom is -0.455 e. The molecule has 0 N–H and O–H groups in total. The third kappa shape index (κ3) is 2.77. The smallest absolute Gasteiger partial charge is 0.216 e. The van der Waals surface area contributed by atoms with Crippen molar-refractivity contribution in [2.24, 2.45) is 7.05 Å². The molecule has 0 unspecified atom stereocenters. The van der Waals surface area contributed by atoms with Crippen LogP contribution in [-0.2, 0) is 7.05 Å². The first kappa shape index (κ1) is 17.0. The molecular formula is C27H21N2O+. The molecule has 0 fully saturated rings. The highest BCUT2D eigenvalue weighted by molar-refractivity contribution is 6.14. The molecule has 0 atom stereocenters. The molecule has 0 saturated heterocycles. The normalized spacial score (nSPS) is 11.6. The van der Waals surface area contributed by atoms with Gasteiger partial charge in [-0.1, -0.05) is 42.5 Å². The fourth-order valence-electron chi connectivity index (χ4n) is 4.11. The van der Waals surface area contributed by atoms with E-state index in [9.17, 15) is 0 Å². The van der Waals surface area contributed by atoms with Crippen LogP contribution < -0.4 is 4.57 Å². The maximum atomic E-state index is 8.12. The lowest BCUT2D eigenvalue weighted by Gasteiger charge is -2.06. The molecule has 0 bridgehead atoms. The van der Waals surface area contributed by atoms with Crippen LogP contribution in [-0.4, -0.2) is 0 Å². The van der Waals surface area contributed by atoms with E-state index in [1.54, 1.807) is 0 Å². The number of aromatic nitrogens is 1. The molecule has 0 aliphatic heterocycles. The van der Waals surface area contributed by atoms with Crippen molar-refractivity contribution in [3.05, 3.63) is 95.4 Å². The lowest BCUT2D eigenvalue weighted by Crippen LogP contribution is -2.30. The maximum Gasteiger partial charge on any atom is 0.216 e. The SMILES string of the molecule is [2H]c1c[n+](C)c(-c2c(C)ccc3c2oc2c(-c4ccccc4)cc([N+]#[C-])cc23)cc1C. The highest BCUT2D eigenvalue weighted by Crippen LogP contribution is 2.42. The van der Waals surface area contributed by atoms with E-state index in [4.69, 9.17) is 12.4 Å². The fourth-order valence-corrected chi connectivity index (χ4v) is 4.11. The number of nitrogens with zero attached hydrogens (tertiary/aromatic N) is 2. The molecule has 3 heteroatoms. The lowest BCUT2D eigenvalue weighted by molar-refractivity contribution is -0.660. The van der Waals surface area contributed by atoms with Crippen LogP contribution in [0.3, 0.4) is 0 Å². The van der Waals surface area contributed by atoms with Crippen molar-refractivity contribution in [2.75, 3.05) is 0 Å². The Bertz CT molecular complexity index is 1530. The minimum atomic E-state index is 0.508. The summed E-state index contributed by atoms with van der Waals surface area (Å²) in [5.41, 5.74) is 8.17. The van der Waals surface area contributed by atoms with E-state index in [1.165, 1.54) is 0 Å². The number of rotatable bonds is 2. The van der Waals surface area contributed by atoms with Crippen molar-refractivity contribution in [3.63, 3.8) is 0 Å². The Morgan fingerprint density at radius 1 is 0.967 bits per heavy atom. The van der Waals surface area contributed by atoms with E-state index in [1.807, 2.05) is 73.3 Å². The van der Waals surface area contributed by atoms with E-state index in [-0.39, 0.29) is 0 Å². The number of pyridine rings is 1. The first-order valence-electron chi connectivity index (χ1n) is 10.4. The Kier molecular flexibility index (Phi) is 3.89. The Labute approximate surface area is 177 Å². The molecule has 5 aromatic rings. The van der Waals surface area contributed by atoms with Crippen molar-refractivity contribution in [2.45, 2.75) is 13.8 Å². The van der Waals surface area contributed by atoms with E-state index in [0.29, 0.717) is 11.7 Å². The van der Waals surface area contributed by atoms with Gasteiger partial charge in [0.05, 0.1) is 13.5 Å². The Morgan fingerprint density at radius 3 is 2.53 bits per heavy atom. The van der Waals surface area contributed by atoms with Gasteiger partial charge >= 0.3 is 0 Å². The monoisotopic (exact) mass is 390 g/mol. The first-order valence-corrected chi connectivity index (χ1v) is 9.88. The number of furan rings is 1. The summed E-state index contributed by atoms with van der Waals surface area (Å²) in [4.78, 5) is 3.71. The van der Waals surface area contributed by atoms with Gasteiger partial charge in [-0.25, -0.2) is 9.41 Å². The summed E-state index contributed by atoms with van der Waals surface area (Å²) in [6, 6.07) is 20.6. The fraction of sp³-hybridized carbons (Fsp3) is 0.111. The lowest BCUT2D eigenvalue weighted by atomic mass is 9.98. The number of aryl methyl sites for hydroxylation is 3.